The quantitative estimate of drug-likeness (QED) is 0.910. The maximum atomic E-state index is 13.3. The van der Waals surface area contributed by atoms with Crippen molar-refractivity contribution in [2.45, 2.75) is 52.0 Å². The molecular weight excluding hydrogens is 314 g/mol. The normalized spacial score (nSPS) is 17.9. The molecule has 0 radical (unpaired) electrons. The molecule has 2 heterocycles. The van der Waals surface area contributed by atoms with Crippen molar-refractivity contribution in [1.82, 2.24) is 5.32 Å². The van der Waals surface area contributed by atoms with Crippen LogP contribution in [-0.2, 0) is 14.9 Å². The standard InChI is InChI=1S/C21H27NO3/c1-14-5-7-18(8-6-14)21(9-11-24-12-10-21)20(23)22-16(3)19-13-15(2)25-17(19)4/h5-8,13,16H,9-12H2,1-4H3,(H,22,23). The van der Waals surface area contributed by atoms with Crippen LogP contribution in [0.15, 0.2) is 34.7 Å². The molecule has 1 atom stereocenters. The lowest BCUT2D eigenvalue weighted by atomic mass is 9.73. The van der Waals surface area contributed by atoms with Crippen LogP contribution in [0.4, 0.5) is 0 Å². The van der Waals surface area contributed by atoms with Gasteiger partial charge >= 0.3 is 0 Å². The minimum Gasteiger partial charge on any atom is -0.466 e. The molecule has 1 aliphatic rings. The van der Waals surface area contributed by atoms with Crippen molar-refractivity contribution < 1.29 is 13.9 Å². The van der Waals surface area contributed by atoms with Gasteiger partial charge in [-0.25, -0.2) is 0 Å². The minimum absolute atomic E-state index is 0.0745. The van der Waals surface area contributed by atoms with E-state index < -0.39 is 5.41 Å². The van der Waals surface area contributed by atoms with Crippen LogP contribution in [0.1, 0.15) is 54.0 Å². The zero-order chi connectivity index (χ0) is 18.0. The average molecular weight is 341 g/mol. The first-order valence-corrected chi connectivity index (χ1v) is 8.95. The van der Waals surface area contributed by atoms with E-state index in [1.54, 1.807) is 0 Å². The second-order valence-corrected chi connectivity index (χ2v) is 7.12. The summed E-state index contributed by atoms with van der Waals surface area (Å²) in [5, 5.41) is 3.22. The van der Waals surface area contributed by atoms with E-state index in [2.05, 4.69) is 36.5 Å². The summed E-state index contributed by atoms with van der Waals surface area (Å²) in [6.45, 7) is 9.16. The first-order valence-electron chi connectivity index (χ1n) is 8.95. The zero-order valence-electron chi connectivity index (χ0n) is 15.5. The maximum absolute atomic E-state index is 13.3. The highest BCUT2D eigenvalue weighted by Gasteiger charge is 2.42. The molecule has 4 nitrogen and oxygen atoms in total. The third-order valence-electron chi connectivity index (χ3n) is 5.28. The summed E-state index contributed by atoms with van der Waals surface area (Å²) >= 11 is 0. The SMILES string of the molecule is Cc1ccc(C2(C(=O)NC(C)c3cc(C)oc3C)CCOCC2)cc1. The molecule has 134 valence electrons. The number of benzene rings is 1. The summed E-state index contributed by atoms with van der Waals surface area (Å²) in [4.78, 5) is 13.3. The van der Waals surface area contributed by atoms with Crippen molar-refractivity contribution in [3.05, 3.63) is 58.5 Å². The topological polar surface area (TPSA) is 51.5 Å². The van der Waals surface area contributed by atoms with Crippen LogP contribution in [0.25, 0.3) is 0 Å². The van der Waals surface area contributed by atoms with Crippen molar-refractivity contribution >= 4 is 5.91 Å². The Morgan fingerprint density at radius 2 is 1.76 bits per heavy atom. The lowest BCUT2D eigenvalue weighted by molar-refractivity contribution is -0.131. The molecule has 1 amide bonds. The van der Waals surface area contributed by atoms with E-state index in [0.717, 1.165) is 22.6 Å². The van der Waals surface area contributed by atoms with Gasteiger partial charge in [-0.05, 0) is 52.2 Å². The van der Waals surface area contributed by atoms with Gasteiger partial charge in [-0.1, -0.05) is 29.8 Å². The van der Waals surface area contributed by atoms with Crippen LogP contribution in [0.5, 0.6) is 0 Å². The summed E-state index contributed by atoms with van der Waals surface area (Å²) in [6.07, 6.45) is 1.41. The number of aryl methyl sites for hydroxylation is 3. The fraction of sp³-hybridized carbons (Fsp3) is 0.476. The molecule has 1 fully saturated rings. The minimum atomic E-state index is -0.521. The molecule has 1 N–H and O–H groups in total. The van der Waals surface area contributed by atoms with Gasteiger partial charge in [-0.3, -0.25) is 4.79 Å². The van der Waals surface area contributed by atoms with E-state index in [1.165, 1.54) is 5.56 Å². The van der Waals surface area contributed by atoms with Crippen molar-refractivity contribution in [1.29, 1.82) is 0 Å². The molecule has 1 saturated heterocycles. The van der Waals surface area contributed by atoms with E-state index in [-0.39, 0.29) is 11.9 Å². The predicted molar refractivity (Wildman–Crippen MR) is 97.6 cm³/mol. The van der Waals surface area contributed by atoms with Crippen molar-refractivity contribution in [3.63, 3.8) is 0 Å². The molecule has 1 aromatic carbocycles. The molecule has 1 aliphatic heterocycles. The molecule has 3 rings (SSSR count). The van der Waals surface area contributed by atoms with Gasteiger partial charge in [0.1, 0.15) is 11.5 Å². The Bertz CT molecular complexity index is 739. The average Bonchev–Trinajstić information content (AvgIpc) is 2.94. The molecule has 0 aliphatic carbocycles. The monoisotopic (exact) mass is 341 g/mol. The summed E-state index contributed by atoms with van der Waals surface area (Å²) in [5.41, 5.74) is 2.79. The Morgan fingerprint density at radius 1 is 1.12 bits per heavy atom. The number of ether oxygens (including phenoxy) is 1. The largest absolute Gasteiger partial charge is 0.466 e. The Morgan fingerprint density at radius 3 is 2.32 bits per heavy atom. The second kappa shape index (κ2) is 7.04. The van der Waals surface area contributed by atoms with Crippen LogP contribution < -0.4 is 5.32 Å². The van der Waals surface area contributed by atoms with Crippen molar-refractivity contribution in [2.75, 3.05) is 13.2 Å². The van der Waals surface area contributed by atoms with Crippen LogP contribution in [0, 0.1) is 20.8 Å². The predicted octanol–water partition coefficient (Wildman–Crippen LogP) is 4.13. The summed E-state index contributed by atoms with van der Waals surface area (Å²) < 4.78 is 11.2. The molecule has 1 aromatic heterocycles. The van der Waals surface area contributed by atoms with Gasteiger partial charge in [0.2, 0.25) is 5.91 Å². The number of furan rings is 1. The Kier molecular flexibility index (Phi) is 5.00. The number of amides is 1. The lowest BCUT2D eigenvalue weighted by Gasteiger charge is -2.37. The summed E-state index contributed by atoms with van der Waals surface area (Å²) in [5.74, 6) is 1.81. The second-order valence-electron chi connectivity index (χ2n) is 7.12. The van der Waals surface area contributed by atoms with Crippen molar-refractivity contribution in [3.8, 4) is 0 Å². The van der Waals surface area contributed by atoms with Gasteiger partial charge in [-0.2, -0.15) is 0 Å². The Hall–Kier alpha value is -2.07. The van der Waals surface area contributed by atoms with Gasteiger partial charge in [0.05, 0.1) is 11.5 Å². The lowest BCUT2D eigenvalue weighted by Crippen LogP contribution is -2.48. The van der Waals surface area contributed by atoms with E-state index in [1.807, 2.05) is 26.8 Å². The third-order valence-corrected chi connectivity index (χ3v) is 5.28. The van der Waals surface area contributed by atoms with Gasteiger partial charge < -0.3 is 14.5 Å². The zero-order valence-corrected chi connectivity index (χ0v) is 15.5. The van der Waals surface area contributed by atoms with Gasteiger partial charge in [0, 0.05) is 18.8 Å². The van der Waals surface area contributed by atoms with E-state index in [4.69, 9.17) is 9.15 Å². The van der Waals surface area contributed by atoms with Gasteiger partial charge in [0.25, 0.3) is 0 Å². The Balaban J connectivity index is 1.87. The van der Waals surface area contributed by atoms with Gasteiger partial charge in [0.15, 0.2) is 0 Å². The number of carbonyl (C=O) groups excluding carboxylic acids is 1. The Labute approximate surface area is 149 Å². The number of hydrogen-bond acceptors (Lipinski definition) is 3. The highest BCUT2D eigenvalue weighted by molar-refractivity contribution is 5.88. The molecule has 25 heavy (non-hydrogen) atoms. The molecule has 0 saturated carbocycles. The summed E-state index contributed by atoms with van der Waals surface area (Å²) in [7, 11) is 0. The number of nitrogens with one attached hydrogen (secondary N) is 1. The maximum Gasteiger partial charge on any atom is 0.231 e. The van der Waals surface area contributed by atoms with Crippen LogP contribution in [0.2, 0.25) is 0 Å². The van der Waals surface area contributed by atoms with Crippen molar-refractivity contribution in [2.24, 2.45) is 0 Å². The molecule has 2 aromatic rings. The number of rotatable bonds is 4. The van der Waals surface area contributed by atoms with Crippen LogP contribution in [-0.4, -0.2) is 19.1 Å². The van der Waals surface area contributed by atoms with E-state index in [0.29, 0.717) is 26.1 Å². The molecule has 1 unspecified atom stereocenters. The van der Waals surface area contributed by atoms with E-state index >= 15 is 0 Å². The molecule has 4 heteroatoms. The van der Waals surface area contributed by atoms with Crippen LogP contribution >= 0.6 is 0 Å². The van der Waals surface area contributed by atoms with Gasteiger partial charge in [-0.15, -0.1) is 0 Å². The highest BCUT2D eigenvalue weighted by atomic mass is 16.5. The fourth-order valence-electron chi connectivity index (χ4n) is 3.73. The van der Waals surface area contributed by atoms with E-state index in [9.17, 15) is 4.79 Å². The first-order chi connectivity index (χ1) is 11.9. The van der Waals surface area contributed by atoms with Crippen LogP contribution in [0.3, 0.4) is 0 Å². The number of carbonyl (C=O) groups is 1. The molecular formula is C21H27NO3. The fourth-order valence-corrected chi connectivity index (χ4v) is 3.73. The molecule has 0 bridgehead atoms. The molecule has 0 spiro atoms. The number of hydrogen-bond donors (Lipinski definition) is 1. The summed E-state index contributed by atoms with van der Waals surface area (Å²) in [6, 6.07) is 10.2. The highest BCUT2D eigenvalue weighted by Crippen LogP contribution is 2.36. The third kappa shape index (κ3) is 3.49. The smallest absolute Gasteiger partial charge is 0.231 e. The first kappa shape index (κ1) is 17.7.